The average molecular weight is 286 g/mol. The molecule has 0 spiro atoms. The molecule has 21 heavy (non-hydrogen) atoms. The lowest BCUT2D eigenvalue weighted by Crippen LogP contribution is -2.20. The fraction of sp³-hybridized carbons (Fsp3) is 0.529. The predicted molar refractivity (Wildman–Crippen MR) is 82.3 cm³/mol. The van der Waals surface area contributed by atoms with Gasteiger partial charge in [-0.1, -0.05) is 26.0 Å². The molecule has 1 heterocycles. The molecule has 112 valence electrons. The third-order valence-corrected chi connectivity index (χ3v) is 4.58. The molecule has 4 heteroatoms. The van der Waals surface area contributed by atoms with Gasteiger partial charge in [0.15, 0.2) is 0 Å². The van der Waals surface area contributed by atoms with Crippen LogP contribution in [0.2, 0.25) is 0 Å². The minimum atomic E-state index is -0.681. The SMILES string of the molecule is CCCn1c(C2CC(C)CC2C(=O)O)nc2ccccc21. The van der Waals surface area contributed by atoms with E-state index in [-0.39, 0.29) is 11.8 Å². The molecular formula is C17H22N2O2. The molecule has 1 aromatic carbocycles. The van der Waals surface area contributed by atoms with Crippen LogP contribution in [0.3, 0.4) is 0 Å². The highest BCUT2D eigenvalue weighted by atomic mass is 16.4. The Kier molecular flexibility index (Phi) is 3.70. The van der Waals surface area contributed by atoms with Gasteiger partial charge in [-0.3, -0.25) is 4.79 Å². The van der Waals surface area contributed by atoms with Gasteiger partial charge in [-0.05, 0) is 37.3 Å². The number of para-hydroxylation sites is 2. The van der Waals surface area contributed by atoms with Crippen molar-refractivity contribution in [1.82, 2.24) is 9.55 Å². The number of hydrogen-bond donors (Lipinski definition) is 1. The maximum absolute atomic E-state index is 11.6. The summed E-state index contributed by atoms with van der Waals surface area (Å²) in [6, 6.07) is 8.10. The normalized spacial score (nSPS) is 25.5. The summed E-state index contributed by atoms with van der Waals surface area (Å²) in [5.74, 6) is 0.476. The third kappa shape index (κ3) is 2.43. The van der Waals surface area contributed by atoms with Gasteiger partial charge >= 0.3 is 5.97 Å². The summed E-state index contributed by atoms with van der Waals surface area (Å²) in [6.45, 7) is 5.18. The van der Waals surface area contributed by atoms with Gasteiger partial charge in [0, 0.05) is 12.5 Å². The highest BCUT2D eigenvalue weighted by Gasteiger charge is 2.40. The topological polar surface area (TPSA) is 55.1 Å². The molecule has 1 aromatic heterocycles. The minimum absolute atomic E-state index is 0.0384. The third-order valence-electron chi connectivity index (χ3n) is 4.58. The van der Waals surface area contributed by atoms with Crippen LogP contribution in [0.4, 0.5) is 0 Å². The maximum Gasteiger partial charge on any atom is 0.307 e. The van der Waals surface area contributed by atoms with E-state index < -0.39 is 5.97 Å². The number of carboxylic acid groups (broad SMARTS) is 1. The molecule has 3 unspecified atom stereocenters. The predicted octanol–water partition coefficient (Wildman–Crippen LogP) is 3.66. The minimum Gasteiger partial charge on any atom is -0.481 e. The van der Waals surface area contributed by atoms with Crippen molar-refractivity contribution in [1.29, 1.82) is 0 Å². The van der Waals surface area contributed by atoms with Crippen LogP contribution in [0.1, 0.15) is 44.9 Å². The zero-order chi connectivity index (χ0) is 15.0. The monoisotopic (exact) mass is 286 g/mol. The number of fused-ring (bicyclic) bond motifs is 1. The number of aryl methyl sites for hydroxylation is 1. The fourth-order valence-corrected chi connectivity index (χ4v) is 3.69. The molecule has 3 rings (SSSR count). The number of nitrogens with zero attached hydrogens (tertiary/aromatic N) is 2. The number of imidazole rings is 1. The summed E-state index contributed by atoms with van der Waals surface area (Å²) in [4.78, 5) is 16.4. The van der Waals surface area contributed by atoms with Crippen LogP contribution in [-0.2, 0) is 11.3 Å². The number of benzene rings is 1. The summed E-state index contributed by atoms with van der Waals surface area (Å²) < 4.78 is 2.23. The Morgan fingerprint density at radius 3 is 2.86 bits per heavy atom. The first-order valence-electron chi connectivity index (χ1n) is 7.79. The zero-order valence-electron chi connectivity index (χ0n) is 12.6. The van der Waals surface area contributed by atoms with E-state index in [0.29, 0.717) is 5.92 Å². The maximum atomic E-state index is 11.6. The second-order valence-electron chi connectivity index (χ2n) is 6.24. The molecule has 0 amide bonds. The highest BCUT2D eigenvalue weighted by Crippen LogP contribution is 2.43. The zero-order valence-corrected chi connectivity index (χ0v) is 12.6. The lowest BCUT2D eigenvalue weighted by atomic mass is 9.95. The molecule has 1 saturated carbocycles. The van der Waals surface area contributed by atoms with E-state index in [1.807, 2.05) is 18.2 Å². The summed E-state index contributed by atoms with van der Waals surface area (Å²) in [5, 5.41) is 9.52. The Bertz CT molecular complexity index is 662. The van der Waals surface area contributed by atoms with E-state index in [4.69, 9.17) is 4.98 Å². The van der Waals surface area contributed by atoms with Gasteiger partial charge in [0.25, 0.3) is 0 Å². The molecule has 0 aliphatic heterocycles. The second kappa shape index (κ2) is 5.51. The van der Waals surface area contributed by atoms with Crippen LogP contribution in [0.15, 0.2) is 24.3 Å². The first-order valence-corrected chi connectivity index (χ1v) is 7.79. The summed E-state index contributed by atoms with van der Waals surface area (Å²) in [6.07, 6.45) is 2.70. The Labute approximate surface area is 124 Å². The smallest absolute Gasteiger partial charge is 0.307 e. The van der Waals surface area contributed by atoms with Gasteiger partial charge in [-0.2, -0.15) is 0 Å². The lowest BCUT2D eigenvalue weighted by molar-refractivity contribution is -0.142. The molecule has 0 bridgehead atoms. The van der Waals surface area contributed by atoms with E-state index in [9.17, 15) is 9.90 Å². The van der Waals surface area contributed by atoms with Crippen molar-refractivity contribution in [2.24, 2.45) is 11.8 Å². The van der Waals surface area contributed by atoms with Crippen molar-refractivity contribution >= 4 is 17.0 Å². The van der Waals surface area contributed by atoms with Crippen LogP contribution in [-0.4, -0.2) is 20.6 Å². The molecule has 0 radical (unpaired) electrons. The number of aromatic nitrogens is 2. The van der Waals surface area contributed by atoms with Gasteiger partial charge in [-0.25, -0.2) is 4.98 Å². The average Bonchev–Trinajstić information content (AvgIpc) is 3.01. The number of carboxylic acids is 1. The lowest BCUT2D eigenvalue weighted by Gasteiger charge is -2.17. The molecule has 1 aliphatic rings. The van der Waals surface area contributed by atoms with Crippen molar-refractivity contribution in [3.63, 3.8) is 0 Å². The van der Waals surface area contributed by atoms with Crippen molar-refractivity contribution in [2.75, 3.05) is 0 Å². The van der Waals surface area contributed by atoms with E-state index in [1.165, 1.54) is 0 Å². The first-order chi connectivity index (χ1) is 10.1. The fourth-order valence-electron chi connectivity index (χ4n) is 3.69. The quantitative estimate of drug-likeness (QED) is 0.933. The Balaban J connectivity index is 2.10. The number of hydrogen-bond acceptors (Lipinski definition) is 2. The first kappa shape index (κ1) is 14.1. The van der Waals surface area contributed by atoms with Gasteiger partial charge in [0.05, 0.1) is 17.0 Å². The molecule has 3 atom stereocenters. The van der Waals surface area contributed by atoms with E-state index in [0.717, 1.165) is 42.7 Å². The van der Waals surface area contributed by atoms with Crippen LogP contribution in [0.5, 0.6) is 0 Å². The van der Waals surface area contributed by atoms with Crippen molar-refractivity contribution in [3.8, 4) is 0 Å². The number of aliphatic carboxylic acids is 1. The molecular weight excluding hydrogens is 264 g/mol. The van der Waals surface area contributed by atoms with Crippen LogP contribution in [0.25, 0.3) is 11.0 Å². The van der Waals surface area contributed by atoms with E-state index >= 15 is 0 Å². The molecule has 1 fully saturated rings. The summed E-state index contributed by atoms with van der Waals surface area (Å²) in [5.41, 5.74) is 2.10. The Morgan fingerprint density at radius 2 is 2.14 bits per heavy atom. The van der Waals surface area contributed by atoms with Crippen molar-refractivity contribution in [3.05, 3.63) is 30.1 Å². The number of rotatable bonds is 4. The van der Waals surface area contributed by atoms with Crippen molar-refractivity contribution < 1.29 is 9.90 Å². The molecule has 0 saturated heterocycles. The summed E-state index contributed by atoms with van der Waals surface area (Å²) >= 11 is 0. The van der Waals surface area contributed by atoms with E-state index in [1.54, 1.807) is 0 Å². The van der Waals surface area contributed by atoms with Crippen LogP contribution < -0.4 is 0 Å². The van der Waals surface area contributed by atoms with Gasteiger partial charge < -0.3 is 9.67 Å². The van der Waals surface area contributed by atoms with Gasteiger partial charge in [-0.15, -0.1) is 0 Å². The highest BCUT2D eigenvalue weighted by molar-refractivity contribution is 5.77. The molecule has 1 aliphatic carbocycles. The van der Waals surface area contributed by atoms with Crippen molar-refractivity contribution in [2.45, 2.75) is 45.6 Å². The number of carbonyl (C=O) groups is 1. The summed E-state index contributed by atoms with van der Waals surface area (Å²) in [7, 11) is 0. The van der Waals surface area contributed by atoms with Gasteiger partial charge in [0.2, 0.25) is 0 Å². The van der Waals surface area contributed by atoms with E-state index in [2.05, 4.69) is 24.5 Å². The van der Waals surface area contributed by atoms with Gasteiger partial charge in [0.1, 0.15) is 5.82 Å². The molecule has 1 N–H and O–H groups in total. The van der Waals surface area contributed by atoms with Crippen LogP contribution >= 0.6 is 0 Å². The molecule has 2 aromatic rings. The molecule has 4 nitrogen and oxygen atoms in total. The Morgan fingerprint density at radius 1 is 1.38 bits per heavy atom. The van der Waals surface area contributed by atoms with Crippen LogP contribution in [0, 0.1) is 11.8 Å². The largest absolute Gasteiger partial charge is 0.481 e. The Hall–Kier alpha value is -1.84. The second-order valence-corrected chi connectivity index (χ2v) is 6.24. The standard InChI is InChI=1S/C17H22N2O2/c1-3-8-19-15-7-5-4-6-14(15)18-16(19)12-9-11(2)10-13(12)17(20)21/h4-7,11-13H,3,8-10H2,1-2H3,(H,20,21).